The molecule has 0 heterocycles. The SMILES string of the molecule is CSCc1ccc(C(=O)NCc2cc(F)cc(Br)c2)cc1. The quantitative estimate of drug-likeness (QED) is 0.849. The largest absolute Gasteiger partial charge is 0.348 e. The van der Waals surface area contributed by atoms with Crippen molar-refractivity contribution in [2.75, 3.05) is 6.26 Å². The van der Waals surface area contributed by atoms with Crippen molar-refractivity contribution in [2.45, 2.75) is 12.3 Å². The highest BCUT2D eigenvalue weighted by Crippen LogP contribution is 2.15. The first kappa shape index (κ1) is 16.0. The Bertz CT molecular complexity index is 610. The lowest BCUT2D eigenvalue weighted by Crippen LogP contribution is -2.22. The van der Waals surface area contributed by atoms with Crippen molar-refractivity contribution in [1.29, 1.82) is 0 Å². The van der Waals surface area contributed by atoms with E-state index in [1.54, 1.807) is 17.8 Å². The Morgan fingerprint density at radius 3 is 2.52 bits per heavy atom. The minimum atomic E-state index is -0.324. The van der Waals surface area contributed by atoms with Crippen molar-refractivity contribution in [2.24, 2.45) is 0 Å². The highest BCUT2D eigenvalue weighted by atomic mass is 79.9. The van der Waals surface area contributed by atoms with Crippen LogP contribution in [0, 0.1) is 5.82 Å². The molecule has 0 unspecified atom stereocenters. The van der Waals surface area contributed by atoms with Crippen LogP contribution in [0.4, 0.5) is 4.39 Å². The Morgan fingerprint density at radius 1 is 1.19 bits per heavy atom. The standard InChI is InChI=1S/C16H15BrFNOS/c1-21-10-11-2-4-13(5-3-11)16(20)19-9-12-6-14(17)8-15(18)7-12/h2-8H,9-10H2,1H3,(H,19,20). The van der Waals surface area contributed by atoms with Gasteiger partial charge in [0.2, 0.25) is 0 Å². The molecule has 0 aromatic heterocycles. The van der Waals surface area contributed by atoms with E-state index in [1.165, 1.54) is 17.7 Å². The fraction of sp³-hybridized carbons (Fsp3) is 0.188. The van der Waals surface area contributed by atoms with E-state index in [1.807, 2.05) is 30.5 Å². The van der Waals surface area contributed by atoms with Crippen LogP contribution in [0.2, 0.25) is 0 Å². The van der Waals surface area contributed by atoms with Crippen LogP contribution in [0.25, 0.3) is 0 Å². The lowest BCUT2D eigenvalue weighted by atomic mass is 10.1. The summed E-state index contributed by atoms with van der Waals surface area (Å²) in [5.74, 6) is 0.445. The molecule has 110 valence electrons. The van der Waals surface area contributed by atoms with Crippen molar-refractivity contribution < 1.29 is 9.18 Å². The van der Waals surface area contributed by atoms with Gasteiger partial charge in [0.05, 0.1) is 0 Å². The molecule has 21 heavy (non-hydrogen) atoms. The van der Waals surface area contributed by atoms with Gasteiger partial charge >= 0.3 is 0 Å². The fourth-order valence-electron chi connectivity index (χ4n) is 1.92. The molecule has 0 atom stereocenters. The predicted molar refractivity (Wildman–Crippen MR) is 88.9 cm³/mol. The second kappa shape index (κ2) is 7.61. The lowest BCUT2D eigenvalue weighted by molar-refractivity contribution is 0.0951. The third kappa shape index (κ3) is 4.86. The van der Waals surface area contributed by atoms with E-state index in [0.717, 1.165) is 5.75 Å². The molecule has 0 aliphatic carbocycles. The molecule has 0 saturated heterocycles. The summed E-state index contributed by atoms with van der Waals surface area (Å²) >= 11 is 4.97. The fourth-order valence-corrected chi connectivity index (χ4v) is 2.95. The Kier molecular flexibility index (Phi) is 5.82. The van der Waals surface area contributed by atoms with Crippen molar-refractivity contribution in [3.05, 3.63) is 69.4 Å². The first-order chi connectivity index (χ1) is 10.1. The summed E-state index contributed by atoms with van der Waals surface area (Å²) in [6.45, 7) is 0.293. The van der Waals surface area contributed by atoms with E-state index >= 15 is 0 Å². The van der Waals surface area contributed by atoms with Gasteiger partial charge in [-0.3, -0.25) is 4.79 Å². The normalized spacial score (nSPS) is 10.4. The molecule has 0 radical (unpaired) electrons. The molecular formula is C16H15BrFNOS. The molecule has 0 fully saturated rings. The van der Waals surface area contributed by atoms with Gasteiger partial charge in [0, 0.05) is 22.3 Å². The minimum absolute atomic E-state index is 0.161. The summed E-state index contributed by atoms with van der Waals surface area (Å²) in [5.41, 5.74) is 2.51. The Hall–Kier alpha value is -1.33. The summed E-state index contributed by atoms with van der Waals surface area (Å²) in [5, 5.41) is 2.79. The van der Waals surface area contributed by atoms with Gasteiger partial charge in [0.1, 0.15) is 5.82 Å². The number of carbonyl (C=O) groups excluding carboxylic acids is 1. The number of nitrogens with one attached hydrogen (secondary N) is 1. The summed E-state index contributed by atoms with van der Waals surface area (Å²) in [4.78, 5) is 12.0. The zero-order valence-corrected chi connectivity index (χ0v) is 13.9. The maximum Gasteiger partial charge on any atom is 0.251 e. The Balaban J connectivity index is 1.97. The number of rotatable bonds is 5. The molecule has 5 heteroatoms. The van der Waals surface area contributed by atoms with Crippen molar-refractivity contribution in [1.82, 2.24) is 5.32 Å². The first-order valence-electron chi connectivity index (χ1n) is 6.39. The van der Waals surface area contributed by atoms with Gasteiger partial charge < -0.3 is 5.32 Å². The second-order valence-corrected chi connectivity index (χ2v) is 6.37. The molecule has 2 aromatic rings. The number of benzene rings is 2. The second-order valence-electron chi connectivity index (χ2n) is 4.59. The van der Waals surface area contributed by atoms with Crippen LogP contribution in [-0.2, 0) is 12.3 Å². The number of hydrogen-bond donors (Lipinski definition) is 1. The average Bonchev–Trinajstić information content (AvgIpc) is 2.45. The molecule has 1 N–H and O–H groups in total. The number of halogens is 2. The topological polar surface area (TPSA) is 29.1 Å². The molecule has 0 aliphatic rings. The zero-order chi connectivity index (χ0) is 15.2. The van der Waals surface area contributed by atoms with Crippen LogP contribution in [-0.4, -0.2) is 12.2 Å². The van der Waals surface area contributed by atoms with Gasteiger partial charge in [0.15, 0.2) is 0 Å². The smallest absolute Gasteiger partial charge is 0.251 e. The number of thioether (sulfide) groups is 1. The van der Waals surface area contributed by atoms with Crippen molar-refractivity contribution >= 4 is 33.6 Å². The highest BCUT2D eigenvalue weighted by Gasteiger charge is 2.06. The summed E-state index contributed by atoms with van der Waals surface area (Å²) in [6.07, 6.45) is 2.04. The first-order valence-corrected chi connectivity index (χ1v) is 8.58. The van der Waals surface area contributed by atoms with E-state index < -0.39 is 0 Å². The van der Waals surface area contributed by atoms with Crippen LogP contribution >= 0.6 is 27.7 Å². The maximum absolute atomic E-state index is 13.2. The monoisotopic (exact) mass is 367 g/mol. The van der Waals surface area contributed by atoms with Crippen molar-refractivity contribution in [3.63, 3.8) is 0 Å². The van der Waals surface area contributed by atoms with Crippen LogP contribution in [0.15, 0.2) is 46.9 Å². The molecule has 2 rings (SSSR count). The van der Waals surface area contributed by atoms with E-state index in [-0.39, 0.29) is 11.7 Å². The van der Waals surface area contributed by atoms with Gasteiger partial charge in [-0.1, -0.05) is 28.1 Å². The maximum atomic E-state index is 13.2. The van der Waals surface area contributed by atoms with Crippen LogP contribution in [0.5, 0.6) is 0 Å². The van der Waals surface area contributed by atoms with E-state index in [0.29, 0.717) is 22.1 Å². The van der Waals surface area contributed by atoms with Gasteiger partial charge in [-0.25, -0.2) is 4.39 Å². The molecule has 0 aliphatic heterocycles. The molecule has 1 amide bonds. The molecule has 0 spiro atoms. The average molecular weight is 368 g/mol. The number of carbonyl (C=O) groups is 1. The number of amides is 1. The Labute approximate surface area is 136 Å². The summed E-state index contributed by atoms with van der Waals surface area (Å²) in [6, 6.07) is 12.1. The van der Waals surface area contributed by atoms with Crippen molar-refractivity contribution in [3.8, 4) is 0 Å². The summed E-state index contributed by atoms with van der Waals surface area (Å²) < 4.78 is 13.9. The predicted octanol–water partition coefficient (Wildman–Crippen LogP) is 4.38. The third-order valence-corrected chi connectivity index (χ3v) is 3.98. The van der Waals surface area contributed by atoms with Gasteiger partial charge in [0.25, 0.3) is 5.91 Å². The van der Waals surface area contributed by atoms with Gasteiger partial charge in [-0.2, -0.15) is 11.8 Å². The van der Waals surface area contributed by atoms with Crippen LogP contribution in [0.1, 0.15) is 21.5 Å². The van der Waals surface area contributed by atoms with E-state index in [9.17, 15) is 9.18 Å². The Morgan fingerprint density at radius 2 is 1.90 bits per heavy atom. The molecule has 2 nitrogen and oxygen atoms in total. The van der Waals surface area contributed by atoms with Crippen LogP contribution in [0.3, 0.4) is 0 Å². The number of hydrogen-bond acceptors (Lipinski definition) is 2. The molecule has 0 saturated carbocycles. The van der Waals surface area contributed by atoms with Gasteiger partial charge in [-0.05, 0) is 47.7 Å². The van der Waals surface area contributed by atoms with Crippen LogP contribution < -0.4 is 5.32 Å². The molecule has 0 bridgehead atoms. The minimum Gasteiger partial charge on any atom is -0.348 e. The summed E-state index contributed by atoms with van der Waals surface area (Å²) in [7, 11) is 0. The van der Waals surface area contributed by atoms with E-state index in [4.69, 9.17) is 0 Å². The molecule has 2 aromatic carbocycles. The zero-order valence-electron chi connectivity index (χ0n) is 11.5. The lowest BCUT2D eigenvalue weighted by Gasteiger charge is -2.07. The highest BCUT2D eigenvalue weighted by molar-refractivity contribution is 9.10. The van der Waals surface area contributed by atoms with Gasteiger partial charge in [-0.15, -0.1) is 0 Å². The van der Waals surface area contributed by atoms with E-state index in [2.05, 4.69) is 21.2 Å². The third-order valence-electron chi connectivity index (χ3n) is 2.90. The molecular weight excluding hydrogens is 353 g/mol.